The van der Waals surface area contributed by atoms with Crippen LogP contribution in [-0.2, 0) is 29.1 Å². The zero-order chi connectivity index (χ0) is 23.1. The minimum absolute atomic E-state index is 0.0306. The van der Waals surface area contributed by atoms with Gasteiger partial charge >= 0.3 is 0 Å². The fraction of sp³-hybridized carbons (Fsp3) is 0.346. The summed E-state index contributed by atoms with van der Waals surface area (Å²) in [5.41, 5.74) is 2.82. The summed E-state index contributed by atoms with van der Waals surface area (Å²) in [6, 6.07) is 18.0. The van der Waals surface area contributed by atoms with Gasteiger partial charge in [0.25, 0.3) is 0 Å². The number of carbonyl (C=O) groups excluding carboxylic acids is 2. The van der Waals surface area contributed by atoms with Gasteiger partial charge in [-0.05, 0) is 42.5 Å². The quantitative estimate of drug-likeness (QED) is 0.501. The average Bonchev–Trinajstić information content (AvgIpc) is 3.43. The lowest BCUT2D eigenvalue weighted by Crippen LogP contribution is -2.44. The third kappa shape index (κ3) is 6.22. The molecule has 7 nitrogen and oxygen atoms in total. The van der Waals surface area contributed by atoms with E-state index in [1.807, 2.05) is 53.3 Å². The van der Waals surface area contributed by atoms with Gasteiger partial charge in [0.15, 0.2) is 0 Å². The van der Waals surface area contributed by atoms with Crippen LogP contribution < -0.4 is 15.4 Å². The molecule has 172 valence electrons. The summed E-state index contributed by atoms with van der Waals surface area (Å²) in [5, 5.41) is 10.5. The highest BCUT2D eigenvalue weighted by molar-refractivity contribution is 5.80. The van der Waals surface area contributed by atoms with Crippen molar-refractivity contribution >= 4 is 11.8 Å². The first kappa shape index (κ1) is 22.6. The van der Waals surface area contributed by atoms with Gasteiger partial charge in [0.05, 0.1) is 19.9 Å². The predicted octanol–water partition coefficient (Wildman–Crippen LogP) is 3.23. The number of rotatable bonds is 10. The fourth-order valence-electron chi connectivity index (χ4n) is 4.35. The van der Waals surface area contributed by atoms with E-state index in [0.29, 0.717) is 38.8 Å². The molecule has 1 atom stereocenters. The van der Waals surface area contributed by atoms with E-state index >= 15 is 0 Å². The van der Waals surface area contributed by atoms with Crippen molar-refractivity contribution in [3.63, 3.8) is 0 Å². The second-order valence-electron chi connectivity index (χ2n) is 8.67. The highest BCUT2D eigenvalue weighted by atomic mass is 16.5. The highest BCUT2D eigenvalue weighted by Gasteiger charge is 2.37. The molecule has 2 N–H and O–H groups in total. The first-order valence-electron chi connectivity index (χ1n) is 11.3. The summed E-state index contributed by atoms with van der Waals surface area (Å²) in [6.45, 7) is 1.13. The van der Waals surface area contributed by atoms with Crippen molar-refractivity contribution in [1.82, 2.24) is 20.4 Å². The molecule has 0 aliphatic carbocycles. The summed E-state index contributed by atoms with van der Waals surface area (Å²) in [7, 11) is 1.64. The molecule has 1 aliphatic rings. The number of benzene rings is 2. The molecule has 1 aliphatic heterocycles. The van der Waals surface area contributed by atoms with Crippen molar-refractivity contribution in [3.8, 4) is 5.75 Å². The second-order valence-corrected chi connectivity index (χ2v) is 8.67. The van der Waals surface area contributed by atoms with E-state index in [-0.39, 0.29) is 11.8 Å². The van der Waals surface area contributed by atoms with Crippen LogP contribution in [0.3, 0.4) is 0 Å². The number of nitrogens with zero attached hydrogens (tertiary/aromatic N) is 2. The lowest BCUT2D eigenvalue weighted by molar-refractivity contribution is -0.122. The molecule has 2 amide bonds. The minimum atomic E-state index is -0.401. The van der Waals surface area contributed by atoms with Gasteiger partial charge < -0.3 is 15.4 Å². The van der Waals surface area contributed by atoms with Gasteiger partial charge in [0.2, 0.25) is 11.8 Å². The van der Waals surface area contributed by atoms with Gasteiger partial charge in [-0.25, -0.2) is 0 Å². The van der Waals surface area contributed by atoms with E-state index in [1.165, 1.54) is 5.56 Å². The molecule has 3 aromatic rings. The number of amides is 2. The van der Waals surface area contributed by atoms with E-state index in [9.17, 15) is 9.59 Å². The molecule has 0 spiro atoms. The fourth-order valence-corrected chi connectivity index (χ4v) is 4.35. The van der Waals surface area contributed by atoms with Crippen molar-refractivity contribution in [2.24, 2.45) is 0 Å². The van der Waals surface area contributed by atoms with Crippen LogP contribution in [-0.4, -0.2) is 34.2 Å². The normalized spacial score (nSPS) is 17.5. The Kier molecular flexibility index (Phi) is 7.07. The third-order valence-corrected chi connectivity index (χ3v) is 6.11. The van der Waals surface area contributed by atoms with Crippen LogP contribution in [0.4, 0.5) is 0 Å². The smallest absolute Gasteiger partial charge is 0.220 e. The molecule has 1 aromatic heterocycles. The zero-order valence-corrected chi connectivity index (χ0v) is 18.9. The van der Waals surface area contributed by atoms with Crippen LogP contribution >= 0.6 is 0 Å². The number of hydrogen-bond acceptors (Lipinski definition) is 4. The van der Waals surface area contributed by atoms with Gasteiger partial charge in [-0.2, -0.15) is 5.10 Å². The van der Waals surface area contributed by atoms with Gasteiger partial charge in [0.1, 0.15) is 5.75 Å². The van der Waals surface area contributed by atoms with Crippen LogP contribution in [0.5, 0.6) is 5.75 Å². The van der Waals surface area contributed by atoms with Crippen LogP contribution in [0.15, 0.2) is 67.0 Å². The largest absolute Gasteiger partial charge is 0.497 e. The van der Waals surface area contributed by atoms with Gasteiger partial charge in [-0.15, -0.1) is 0 Å². The molecule has 2 heterocycles. The Balaban J connectivity index is 1.29. The Hall–Kier alpha value is -3.61. The van der Waals surface area contributed by atoms with Crippen LogP contribution in [0.25, 0.3) is 0 Å². The first-order valence-corrected chi connectivity index (χ1v) is 11.3. The standard InChI is InChI=1S/C26H30N4O3/c1-33-23-9-5-8-21(14-23)15-26(13-11-25(32)29-26)12-10-24(31)27-16-22-17-28-30(19-22)18-20-6-3-2-4-7-20/h2-9,14,17,19H,10-13,15-16,18H2,1H3,(H,27,31)(H,29,32)/t26-/m1/s1. The molecule has 33 heavy (non-hydrogen) atoms. The Morgan fingerprint density at radius 2 is 1.97 bits per heavy atom. The van der Waals surface area contributed by atoms with E-state index < -0.39 is 5.54 Å². The first-order chi connectivity index (χ1) is 16.0. The van der Waals surface area contributed by atoms with Crippen molar-refractivity contribution in [3.05, 3.63) is 83.7 Å². The molecule has 1 saturated heterocycles. The summed E-state index contributed by atoms with van der Waals surface area (Å²) in [4.78, 5) is 24.6. The number of hydrogen-bond donors (Lipinski definition) is 2. The second kappa shape index (κ2) is 10.3. The monoisotopic (exact) mass is 446 g/mol. The molecule has 2 aromatic carbocycles. The van der Waals surface area contributed by atoms with Gasteiger partial charge in [0, 0.05) is 36.7 Å². The molecule has 7 heteroatoms. The Morgan fingerprint density at radius 3 is 2.73 bits per heavy atom. The van der Waals surface area contributed by atoms with E-state index in [2.05, 4.69) is 27.9 Å². The van der Waals surface area contributed by atoms with E-state index in [0.717, 1.165) is 23.3 Å². The number of nitrogens with one attached hydrogen (secondary N) is 2. The average molecular weight is 447 g/mol. The maximum Gasteiger partial charge on any atom is 0.220 e. The Bertz CT molecular complexity index is 1100. The van der Waals surface area contributed by atoms with Crippen LogP contribution in [0.2, 0.25) is 0 Å². The summed E-state index contributed by atoms with van der Waals surface area (Å²) in [6.07, 6.45) is 6.57. The van der Waals surface area contributed by atoms with Crippen LogP contribution in [0.1, 0.15) is 42.4 Å². The number of carbonyl (C=O) groups is 2. The Labute approximate surface area is 194 Å². The molecular formula is C26H30N4O3. The summed E-state index contributed by atoms with van der Waals surface area (Å²) >= 11 is 0. The molecular weight excluding hydrogens is 416 g/mol. The summed E-state index contributed by atoms with van der Waals surface area (Å²) < 4.78 is 7.19. The SMILES string of the molecule is COc1cccc(C[C@@]2(CCC(=O)NCc3cnn(Cc4ccccc4)c3)CCC(=O)N2)c1. The van der Waals surface area contributed by atoms with Crippen molar-refractivity contribution in [2.75, 3.05) is 7.11 Å². The lowest BCUT2D eigenvalue weighted by Gasteiger charge is -2.29. The molecule has 0 radical (unpaired) electrons. The number of ether oxygens (including phenoxy) is 1. The van der Waals surface area contributed by atoms with Gasteiger partial charge in [-0.3, -0.25) is 14.3 Å². The van der Waals surface area contributed by atoms with Crippen LogP contribution in [0, 0.1) is 0 Å². The topological polar surface area (TPSA) is 85.2 Å². The van der Waals surface area contributed by atoms with Gasteiger partial charge in [-0.1, -0.05) is 42.5 Å². The number of aromatic nitrogens is 2. The van der Waals surface area contributed by atoms with E-state index in [1.54, 1.807) is 13.3 Å². The zero-order valence-electron chi connectivity index (χ0n) is 18.9. The molecule has 0 unspecified atom stereocenters. The number of methoxy groups -OCH3 is 1. The van der Waals surface area contributed by atoms with Crippen molar-refractivity contribution < 1.29 is 14.3 Å². The molecule has 0 saturated carbocycles. The lowest BCUT2D eigenvalue weighted by atomic mass is 9.85. The molecule has 4 rings (SSSR count). The van der Waals surface area contributed by atoms with Crippen molar-refractivity contribution in [2.45, 2.75) is 50.7 Å². The highest BCUT2D eigenvalue weighted by Crippen LogP contribution is 2.30. The van der Waals surface area contributed by atoms with E-state index in [4.69, 9.17) is 4.74 Å². The minimum Gasteiger partial charge on any atom is -0.497 e. The maximum absolute atomic E-state index is 12.6. The summed E-state index contributed by atoms with van der Waals surface area (Å²) in [5.74, 6) is 0.804. The molecule has 0 bridgehead atoms. The Morgan fingerprint density at radius 1 is 1.15 bits per heavy atom. The predicted molar refractivity (Wildman–Crippen MR) is 126 cm³/mol. The third-order valence-electron chi connectivity index (χ3n) is 6.11. The van der Waals surface area contributed by atoms with Crippen molar-refractivity contribution in [1.29, 1.82) is 0 Å². The molecule has 1 fully saturated rings. The maximum atomic E-state index is 12.6.